The van der Waals surface area contributed by atoms with E-state index in [0.29, 0.717) is 0 Å². The monoisotopic (exact) mass is 1200 g/mol. The van der Waals surface area contributed by atoms with Crippen molar-refractivity contribution in [1.82, 2.24) is 0 Å². The third-order valence-electron chi connectivity index (χ3n) is 10.4. The van der Waals surface area contributed by atoms with Crippen LogP contribution in [-0.4, -0.2) is 0 Å². The molecule has 8 aromatic rings. The van der Waals surface area contributed by atoms with Gasteiger partial charge in [-0.05, 0) is 107 Å². The molecule has 1 aliphatic rings. The molecule has 1 aliphatic carbocycles. The average Bonchev–Trinajstić information content (AvgIpc) is 3.48. The predicted molar refractivity (Wildman–Crippen MR) is 354 cm³/mol. The number of rotatable bonds is 1. The molecule has 0 saturated heterocycles. The van der Waals surface area contributed by atoms with Crippen molar-refractivity contribution < 1.29 is 65.4 Å². The number of hydrogen-bond donors (Lipinski definition) is 0. The number of fused-ring (bicyclic) bond motifs is 2. The van der Waals surface area contributed by atoms with Crippen LogP contribution in [0.15, 0.2) is 176 Å². The predicted octanol–water partition coefficient (Wildman–Crippen LogP) is 24.6. The maximum Gasteiger partial charge on any atom is 0 e. The summed E-state index contributed by atoms with van der Waals surface area (Å²) in [5.74, 6) is 0.889. The molecule has 9 rings (SSSR count). The smallest absolute Gasteiger partial charge is 0 e. The van der Waals surface area contributed by atoms with E-state index in [1.165, 1.54) is 91.2 Å². The maximum atomic E-state index is 2.93. The van der Waals surface area contributed by atoms with Gasteiger partial charge in [-0.25, -0.2) is 0 Å². The molecule has 0 saturated carbocycles. The summed E-state index contributed by atoms with van der Waals surface area (Å²) in [6.07, 6.45) is 3.95. The first-order chi connectivity index (χ1) is 36.8. The van der Waals surface area contributed by atoms with Crippen LogP contribution in [0.1, 0.15) is 185 Å². The van der Waals surface area contributed by atoms with E-state index in [2.05, 4.69) is 209 Å². The van der Waals surface area contributed by atoms with Gasteiger partial charge >= 0.3 is 0 Å². The van der Waals surface area contributed by atoms with Crippen LogP contribution < -0.4 is 0 Å². The summed E-state index contributed by atoms with van der Waals surface area (Å²) >= 11 is 0. The van der Waals surface area contributed by atoms with Crippen molar-refractivity contribution >= 4 is 10.8 Å². The van der Waals surface area contributed by atoms with Crippen molar-refractivity contribution in [1.29, 1.82) is 0 Å². The number of benzene rings is 8. The van der Waals surface area contributed by atoms with Gasteiger partial charge in [-0.1, -0.05) is 298 Å². The molecule has 8 aromatic carbocycles. The van der Waals surface area contributed by atoms with E-state index in [1.807, 2.05) is 159 Å². The molecule has 0 aliphatic heterocycles. The van der Waals surface area contributed by atoms with E-state index < -0.39 is 0 Å². The van der Waals surface area contributed by atoms with Gasteiger partial charge in [0, 0.05) is 65.4 Å². The summed E-state index contributed by atoms with van der Waals surface area (Å²) in [5, 5.41) is 2.67. The SMILES string of the molecule is CC.CC.CC.CC.CC.CC.CC.CC.Cc1cc[c-]cc1.Cc1cc[c-]cc1.Cc1ccc(-c2ccc(C)cc2)cc1.Cc1ccc(C)cc1.Cc1ccc2c(c1)CCC(C)C2.Cc1ccc2cc(C)ccc2c1.[Y].[Y]. The Bertz CT molecular complexity index is 2270. The van der Waals surface area contributed by atoms with Crippen LogP contribution in [0.4, 0.5) is 0 Å². The first-order valence-electron chi connectivity index (χ1n) is 29.4. The van der Waals surface area contributed by atoms with Gasteiger partial charge in [0.25, 0.3) is 0 Å². The number of hydrogen-bond acceptors (Lipinski definition) is 0. The van der Waals surface area contributed by atoms with E-state index >= 15 is 0 Å². The van der Waals surface area contributed by atoms with Gasteiger partial charge in [-0.3, -0.25) is 0 Å². The Balaban J connectivity index is -0.000000148. The van der Waals surface area contributed by atoms with Crippen molar-refractivity contribution in [2.24, 2.45) is 5.92 Å². The Morgan fingerprint density at radius 1 is 0.282 bits per heavy atom. The number of aryl methyl sites for hydroxylation is 10. The Kier molecular flexibility index (Phi) is 70.5. The standard InChI is InChI=1S/C14H14.C12H16.C12H12.C8H10.2C7H7.8C2H6.2Y/c1-11-3-7-13(8-4-11)14-9-5-12(2)6-10-14;2*1-9-3-5-12-8-10(2)4-6-11(12)7-9;1-7-3-5-8(2)6-4-7;2*1-7-5-3-2-4-6-7;8*1-2;;/h3-10H,1-2H3;3,5,7,10H,4,6,8H2,1-2H3;3-8H,1-2H3;3-6H,1-2H3;2*3-6H,1H3;8*1-2H3;;/q;;;;2*-1;;;;;;;;;;. The molecule has 78 heavy (non-hydrogen) atoms. The Morgan fingerprint density at radius 2 is 0.526 bits per heavy atom. The van der Waals surface area contributed by atoms with Crippen LogP contribution in [0.5, 0.6) is 0 Å². The van der Waals surface area contributed by atoms with Gasteiger partial charge in [0.05, 0.1) is 0 Å². The minimum Gasteiger partial charge on any atom is -0.184 e. The summed E-state index contributed by atoms with van der Waals surface area (Å²) in [5.41, 5.74) is 17.7. The van der Waals surface area contributed by atoms with Gasteiger partial charge in [-0.2, -0.15) is 71.8 Å². The Hall–Kier alpha value is -3.77. The fourth-order valence-corrected chi connectivity index (χ4v) is 6.62. The summed E-state index contributed by atoms with van der Waals surface area (Å²) in [6.45, 7) is 53.3. The van der Waals surface area contributed by atoms with E-state index in [0.717, 1.165) is 5.92 Å². The van der Waals surface area contributed by atoms with Gasteiger partial charge in [-0.15, -0.1) is 0 Å². The van der Waals surface area contributed by atoms with Gasteiger partial charge in [0.2, 0.25) is 0 Å². The van der Waals surface area contributed by atoms with Crippen molar-refractivity contribution in [3.8, 4) is 11.1 Å². The summed E-state index contributed by atoms with van der Waals surface area (Å²) in [6, 6.07) is 67.4. The van der Waals surface area contributed by atoms with Crippen LogP contribution in [-0.2, 0) is 78.3 Å². The molecule has 1 atom stereocenters. The van der Waals surface area contributed by atoms with Crippen molar-refractivity contribution in [3.63, 3.8) is 0 Å². The Morgan fingerprint density at radius 3 is 0.808 bits per heavy atom. The fourth-order valence-electron chi connectivity index (χ4n) is 6.62. The van der Waals surface area contributed by atoms with Crippen molar-refractivity contribution in [2.45, 2.75) is 199 Å². The second-order valence-electron chi connectivity index (χ2n) is 16.5. The molecule has 1 unspecified atom stereocenters. The molecule has 0 aromatic heterocycles. The van der Waals surface area contributed by atoms with E-state index in [9.17, 15) is 0 Å². The molecule has 0 fully saturated rings. The molecule has 0 bridgehead atoms. The quantitative estimate of drug-likeness (QED) is 0.144. The van der Waals surface area contributed by atoms with Crippen molar-refractivity contribution in [2.75, 3.05) is 0 Å². The third kappa shape index (κ3) is 45.0. The largest absolute Gasteiger partial charge is 0.184 e. The molecule has 0 amide bonds. The zero-order valence-corrected chi connectivity index (χ0v) is 60.8. The summed E-state index contributed by atoms with van der Waals surface area (Å²) in [4.78, 5) is 0. The second-order valence-corrected chi connectivity index (χ2v) is 16.5. The van der Waals surface area contributed by atoms with Crippen LogP contribution in [0.3, 0.4) is 0 Å². The molecule has 0 heterocycles. The van der Waals surface area contributed by atoms with Crippen LogP contribution >= 0.6 is 0 Å². The zero-order valence-electron chi connectivity index (χ0n) is 55.1. The normalized spacial score (nSPS) is 9.95. The first kappa shape index (κ1) is 88.1. The van der Waals surface area contributed by atoms with Crippen LogP contribution in [0.25, 0.3) is 21.9 Å². The van der Waals surface area contributed by atoms with E-state index in [-0.39, 0.29) is 65.4 Å². The first-order valence-corrected chi connectivity index (χ1v) is 29.4. The third-order valence-corrected chi connectivity index (χ3v) is 10.4. The minimum absolute atomic E-state index is 0. The molecule has 426 valence electrons. The molecular formula is C76H114Y2-2. The maximum absolute atomic E-state index is 2.93. The average molecular weight is 1210 g/mol. The topological polar surface area (TPSA) is 0 Å². The van der Waals surface area contributed by atoms with Crippen molar-refractivity contribution in [3.05, 3.63) is 249 Å². The molecule has 2 radical (unpaired) electrons. The van der Waals surface area contributed by atoms with Crippen LogP contribution in [0, 0.1) is 80.4 Å². The summed E-state index contributed by atoms with van der Waals surface area (Å²) < 4.78 is 0. The molecule has 0 nitrogen and oxygen atoms in total. The fraction of sp³-hybridized carbons (Fsp3) is 0.395. The molecule has 2 heteroatoms. The molecule has 0 N–H and O–H groups in total. The molecule has 0 spiro atoms. The van der Waals surface area contributed by atoms with E-state index in [4.69, 9.17) is 0 Å². The zero-order chi connectivity index (χ0) is 59.3. The van der Waals surface area contributed by atoms with E-state index in [1.54, 1.807) is 11.1 Å². The van der Waals surface area contributed by atoms with Gasteiger partial charge < -0.3 is 0 Å². The van der Waals surface area contributed by atoms with Gasteiger partial charge in [0.1, 0.15) is 0 Å². The summed E-state index contributed by atoms with van der Waals surface area (Å²) in [7, 11) is 0. The molecular weight excluding hydrogens is 1090 g/mol. The van der Waals surface area contributed by atoms with Crippen LogP contribution in [0.2, 0.25) is 0 Å². The Labute approximate surface area is 536 Å². The second kappa shape index (κ2) is 62.4. The minimum atomic E-state index is 0. The van der Waals surface area contributed by atoms with Gasteiger partial charge in [0.15, 0.2) is 0 Å².